The van der Waals surface area contributed by atoms with Crippen molar-refractivity contribution in [2.45, 2.75) is 11.8 Å². The molecular weight excluding hydrogens is 390 g/mol. The Morgan fingerprint density at radius 3 is 2.44 bits per heavy atom. The quantitative estimate of drug-likeness (QED) is 0.643. The minimum atomic E-state index is -3.75. The van der Waals surface area contributed by atoms with E-state index in [1.165, 1.54) is 0 Å². The number of rotatable bonds is 7. The third-order valence-electron chi connectivity index (χ3n) is 4.27. The smallest absolute Gasteiger partial charge is 0.215 e. The van der Waals surface area contributed by atoms with Crippen molar-refractivity contribution >= 4 is 31.4 Å². The van der Waals surface area contributed by atoms with Crippen LogP contribution in [-0.4, -0.2) is 34.0 Å². The summed E-state index contributed by atoms with van der Waals surface area (Å²) in [5.41, 5.74) is 1.11. The third kappa shape index (κ3) is 4.90. The SMILES string of the molecule is CN(C)[C@H](CNS(=O)(=O)Cc1cc(F)cc(F)c1)c1csc2ccccc12. The summed E-state index contributed by atoms with van der Waals surface area (Å²) in [6, 6.07) is 10.6. The summed E-state index contributed by atoms with van der Waals surface area (Å²) in [5.74, 6) is -2.07. The molecule has 0 bridgehead atoms. The zero-order chi connectivity index (χ0) is 19.6. The highest BCUT2D eigenvalue weighted by molar-refractivity contribution is 7.88. The van der Waals surface area contributed by atoms with Crippen LogP contribution in [0.3, 0.4) is 0 Å². The second-order valence-electron chi connectivity index (χ2n) is 6.55. The number of nitrogens with zero attached hydrogens (tertiary/aromatic N) is 1. The van der Waals surface area contributed by atoms with Gasteiger partial charge in [-0.05, 0) is 54.2 Å². The van der Waals surface area contributed by atoms with Gasteiger partial charge in [-0.2, -0.15) is 0 Å². The van der Waals surface area contributed by atoms with Crippen LogP contribution in [0, 0.1) is 11.6 Å². The average Bonchev–Trinajstić information content (AvgIpc) is 2.97. The highest BCUT2D eigenvalue weighted by Crippen LogP contribution is 2.32. The number of fused-ring (bicyclic) bond motifs is 1. The number of sulfonamides is 1. The van der Waals surface area contributed by atoms with E-state index in [0.717, 1.165) is 27.8 Å². The molecular formula is C19H20F2N2O2S2. The molecule has 0 aliphatic carbocycles. The molecule has 0 unspecified atom stereocenters. The fraction of sp³-hybridized carbons (Fsp3) is 0.263. The molecule has 0 aliphatic rings. The second kappa shape index (κ2) is 8.02. The Morgan fingerprint density at radius 2 is 1.78 bits per heavy atom. The second-order valence-corrected chi connectivity index (χ2v) is 9.27. The predicted octanol–water partition coefficient (Wildman–Crippen LogP) is 3.90. The molecule has 0 amide bonds. The Balaban J connectivity index is 1.77. The summed E-state index contributed by atoms with van der Waals surface area (Å²) in [6.45, 7) is 0.161. The number of halogens is 2. The molecule has 0 saturated heterocycles. The average molecular weight is 411 g/mol. The lowest BCUT2D eigenvalue weighted by molar-refractivity contribution is 0.301. The molecule has 0 radical (unpaired) electrons. The van der Waals surface area contributed by atoms with Crippen molar-refractivity contribution in [3.05, 3.63) is 70.6 Å². The summed E-state index contributed by atoms with van der Waals surface area (Å²) in [4.78, 5) is 1.94. The van der Waals surface area contributed by atoms with Crippen LogP contribution in [-0.2, 0) is 15.8 Å². The van der Waals surface area contributed by atoms with Gasteiger partial charge in [0.2, 0.25) is 10.0 Å². The molecule has 144 valence electrons. The van der Waals surface area contributed by atoms with Gasteiger partial charge in [0.15, 0.2) is 0 Å². The lowest BCUT2D eigenvalue weighted by atomic mass is 10.1. The van der Waals surface area contributed by atoms with E-state index in [1.807, 2.05) is 48.6 Å². The van der Waals surface area contributed by atoms with E-state index < -0.39 is 27.4 Å². The third-order valence-corrected chi connectivity index (χ3v) is 6.57. The maximum Gasteiger partial charge on any atom is 0.215 e. The fourth-order valence-corrected chi connectivity index (χ4v) is 5.13. The Bertz CT molecular complexity index is 1030. The lowest BCUT2D eigenvalue weighted by Gasteiger charge is -2.24. The van der Waals surface area contributed by atoms with Crippen molar-refractivity contribution in [1.82, 2.24) is 9.62 Å². The van der Waals surface area contributed by atoms with Gasteiger partial charge in [0.1, 0.15) is 11.6 Å². The summed E-state index contributed by atoms with van der Waals surface area (Å²) in [7, 11) is 0.0169. The van der Waals surface area contributed by atoms with Gasteiger partial charge in [-0.3, -0.25) is 0 Å². The van der Waals surface area contributed by atoms with Crippen molar-refractivity contribution in [2.75, 3.05) is 20.6 Å². The van der Waals surface area contributed by atoms with Gasteiger partial charge in [-0.1, -0.05) is 18.2 Å². The van der Waals surface area contributed by atoms with Crippen LogP contribution in [0.15, 0.2) is 47.8 Å². The fourth-order valence-electron chi connectivity index (χ4n) is 3.00. The molecule has 1 heterocycles. The van der Waals surface area contributed by atoms with Gasteiger partial charge in [0.05, 0.1) is 5.75 Å². The minimum absolute atomic E-state index is 0.0717. The molecule has 0 spiro atoms. The van der Waals surface area contributed by atoms with E-state index in [-0.39, 0.29) is 18.2 Å². The summed E-state index contributed by atoms with van der Waals surface area (Å²) < 4.78 is 55.1. The number of hydrogen-bond acceptors (Lipinski definition) is 4. The first-order valence-corrected chi connectivity index (χ1v) is 10.8. The molecule has 0 saturated carbocycles. The van der Waals surface area contributed by atoms with E-state index in [1.54, 1.807) is 11.3 Å². The maximum atomic E-state index is 13.3. The van der Waals surface area contributed by atoms with Crippen LogP contribution in [0.4, 0.5) is 8.78 Å². The van der Waals surface area contributed by atoms with Crippen LogP contribution in [0.1, 0.15) is 17.2 Å². The van der Waals surface area contributed by atoms with Gasteiger partial charge < -0.3 is 4.90 Å². The molecule has 4 nitrogen and oxygen atoms in total. The zero-order valence-electron chi connectivity index (χ0n) is 14.9. The normalized spacial score (nSPS) is 13.4. The van der Waals surface area contributed by atoms with Crippen molar-refractivity contribution in [3.8, 4) is 0 Å². The Hall–Kier alpha value is -1.87. The Kier molecular flexibility index (Phi) is 5.90. The maximum absolute atomic E-state index is 13.3. The molecule has 0 aliphatic heterocycles. The van der Waals surface area contributed by atoms with Gasteiger partial charge >= 0.3 is 0 Å². The summed E-state index contributed by atoms with van der Waals surface area (Å²) in [5, 5.41) is 3.12. The van der Waals surface area contributed by atoms with E-state index in [2.05, 4.69) is 4.72 Å². The molecule has 1 atom stereocenters. The van der Waals surface area contributed by atoms with Crippen LogP contribution in [0.2, 0.25) is 0 Å². The molecule has 1 N–H and O–H groups in total. The molecule has 8 heteroatoms. The highest BCUT2D eigenvalue weighted by atomic mass is 32.2. The lowest BCUT2D eigenvalue weighted by Crippen LogP contribution is -2.35. The summed E-state index contributed by atoms with van der Waals surface area (Å²) in [6.07, 6.45) is 0. The van der Waals surface area contributed by atoms with E-state index in [4.69, 9.17) is 0 Å². The molecule has 3 rings (SSSR count). The zero-order valence-corrected chi connectivity index (χ0v) is 16.6. The number of thiophene rings is 1. The number of benzene rings is 2. The Morgan fingerprint density at radius 1 is 1.11 bits per heavy atom. The molecule has 0 fully saturated rings. The van der Waals surface area contributed by atoms with E-state index in [9.17, 15) is 17.2 Å². The van der Waals surface area contributed by atoms with Crippen LogP contribution in [0.5, 0.6) is 0 Å². The summed E-state index contributed by atoms with van der Waals surface area (Å²) >= 11 is 1.61. The monoisotopic (exact) mass is 410 g/mol. The largest absolute Gasteiger partial charge is 0.301 e. The van der Waals surface area contributed by atoms with Gasteiger partial charge in [-0.25, -0.2) is 21.9 Å². The first-order chi connectivity index (χ1) is 12.7. The molecule has 1 aromatic heterocycles. The number of likely N-dealkylation sites (N-methyl/N-ethyl adjacent to an activating group) is 1. The van der Waals surface area contributed by atoms with Gasteiger partial charge in [-0.15, -0.1) is 11.3 Å². The molecule has 27 heavy (non-hydrogen) atoms. The van der Waals surface area contributed by atoms with Crippen molar-refractivity contribution in [2.24, 2.45) is 0 Å². The topological polar surface area (TPSA) is 49.4 Å². The first-order valence-electron chi connectivity index (χ1n) is 8.30. The van der Waals surface area contributed by atoms with Gasteiger partial charge in [0.25, 0.3) is 0 Å². The minimum Gasteiger partial charge on any atom is -0.301 e. The first kappa shape index (κ1) is 19.9. The number of nitrogens with one attached hydrogen (secondary N) is 1. The van der Waals surface area contributed by atoms with Crippen LogP contribution >= 0.6 is 11.3 Å². The van der Waals surface area contributed by atoms with Crippen molar-refractivity contribution < 1.29 is 17.2 Å². The Labute approximate surface area is 161 Å². The standard InChI is InChI=1S/C19H20F2N2O2S2/c1-23(2)18(17-11-26-19-6-4-3-5-16(17)19)10-22-27(24,25)12-13-7-14(20)9-15(21)8-13/h3-9,11,18,22H,10,12H2,1-2H3/t18-/m1/s1. The highest BCUT2D eigenvalue weighted by Gasteiger charge is 2.21. The number of hydrogen-bond donors (Lipinski definition) is 1. The van der Waals surface area contributed by atoms with Crippen molar-refractivity contribution in [3.63, 3.8) is 0 Å². The van der Waals surface area contributed by atoms with Crippen LogP contribution in [0.25, 0.3) is 10.1 Å². The molecule has 2 aromatic carbocycles. The predicted molar refractivity (Wildman–Crippen MR) is 105 cm³/mol. The van der Waals surface area contributed by atoms with Crippen LogP contribution < -0.4 is 4.72 Å². The molecule has 3 aromatic rings. The van der Waals surface area contributed by atoms with E-state index >= 15 is 0 Å². The van der Waals surface area contributed by atoms with E-state index in [0.29, 0.717) is 6.07 Å². The van der Waals surface area contributed by atoms with Gasteiger partial charge in [0, 0.05) is 23.4 Å². The van der Waals surface area contributed by atoms with Crippen molar-refractivity contribution in [1.29, 1.82) is 0 Å².